The Hall–Kier alpha value is -3.47. The number of aryl methyl sites for hydroxylation is 2. The molecule has 0 saturated heterocycles. The fourth-order valence-electron chi connectivity index (χ4n) is 2.59. The first-order valence-electron chi connectivity index (χ1n) is 8.70. The van der Waals surface area contributed by atoms with E-state index in [1.54, 1.807) is 6.07 Å². The van der Waals surface area contributed by atoms with Crippen molar-refractivity contribution in [2.45, 2.75) is 20.4 Å². The molecule has 1 aromatic heterocycles. The molecule has 0 unspecified atom stereocenters. The van der Waals surface area contributed by atoms with Crippen LogP contribution in [0.25, 0.3) is 0 Å². The van der Waals surface area contributed by atoms with Gasteiger partial charge in [-0.1, -0.05) is 36.4 Å². The third-order valence-electron chi connectivity index (χ3n) is 4.32. The molecule has 0 fully saturated rings. The number of carbonyl (C=O) groups is 2. The number of nitrogens with one attached hydrogen (secondary N) is 2. The number of benzene rings is 2. The first kappa shape index (κ1) is 18.3. The summed E-state index contributed by atoms with van der Waals surface area (Å²) in [5.74, 6) is -0.600. The lowest BCUT2D eigenvalue weighted by Gasteiger charge is -2.09. The first-order valence-corrected chi connectivity index (χ1v) is 8.70. The number of anilines is 1. The minimum atomic E-state index is -0.320. The van der Waals surface area contributed by atoms with Crippen molar-refractivity contribution in [2.75, 3.05) is 5.32 Å². The topological polar surface area (TPSA) is 71.1 Å². The molecule has 0 saturated carbocycles. The van der Waals surface area contributed by atoms with E-state index in [4.69, 9.17) is 0 Å². The lowest BCUT2D eigenvalue weighted by Crippen LogP contribution is -2.24. The van der Waals surface area contributed by atoms with Crippen LogP contribution in [0, 0.1) is 13.8 Å². The highest BCUT2D eigenvalue weighted by atomic mass is 16.2. The van der Waals surface area contributed by atoms with Crippen LogP contribution in [0.3, 0.4) is 0 Å². The number of pyridine rings is 1. The Balaban J connectivity index is 1.67. The van der Waals surface area contributed by atoms with Crippen LogP contribution in [0.5, 0.6) is 0 Å². The van der Waals surface area contributed by atoms with Crippen LogP contribution in [-0.2, 0) is 6.54 Å². The van der Waals surface area contributed by atoms with Crippen molar-refractivity contribution < 1.29 is 9.59 Å². The Morgan fingerprint density at radius 2 is 1.67 bits per heavy atom. The van der Waals surface area contributed by atoms with Crippen LogP contribution in [0.4, 0.5) is 5.69 Å². The summed E-state index contributed by atoms with van der Waals surface area (Å²) in [7, 11) is 0. The zero-order valence-electron chi connectivity index (χ0n) is 15.3. The van der Waals surface area contributed by atoms with Gasteiger partial charge in [-0.2, -0.15) is 0 Å². The van der Waals surface area contributed by atoms with Crippen LogP contribution in [0.15, 0.2) is 66.9 Å². The molecule has 5 heteroatoms. The van der Waals surface area contributed by atoms with Gasteiger partial charge in [0.05, 0.1) is 0 Å². The Kier molecular flexibility index (Phi) is 5.61. The van der Waals surface area contributed by atoms with Crippen molar-refractivity contribution in [3.8, 4) is 0 Å². The van der Waals surface area contributed by atoms with E-state index >= 15 is 0 Å². The van der Waals surface area contributed by atoms with Crippen molar-refractivity contribution in [2.24, 2.45) is 0 Å². The van der Waals surface area contributed by atoms with E-state index in [1.165, 1.54) is 12.3 Å². The molecule has 1 heterocycles. The fourth-order valence-corrected chi connectivity index (χ4v) is 2.59. The molecular weight excluding hydrogens is 338 g/mol. The zero-order valence-corrected chi connectivity index (χ0v) is 15.3. The van der Waals surface area contributed by atoms with E-state index < -0.39 is 0 Å². The maximum Gasteiger partial charge on any atom is 0.270 e. The first-order chi connectivity index (χ1) is 13.0. The van der Waals surface area contributed by atoms with Crippen LogP contribution < -0.4 is 10.6 Å². The maximum absolute atomic E-state index is 12.5. The predicted molar refractivity (Wildman–Crippen MR) is 106 cm³/mol. The van der Waals surface area contributed by atoms with Gasteiger partial charge in [0.25, 0.3) is 11.8 Å². The molecule has 3 rings (SSSR count). The molecule has 3 aromatic rings. The quantitative estimate of drug-likeness (QED) is 0.726. The van der Waals surface area contributed by atoms with E-state index in [9.17, 15) is 9.59 Å². The fraction of sp³-hybridized carbons (Fsp3) is 0.136. The van der Waals surface area contributed by atoms with Crippen LogP contribution in [0.1, 0.15) is 37.5 Å². The van der Waals surface area contributed by atoms with Gasteiger partial charge in [0.15, 0.2) is 0 Å². The van der Waals surface area contributed by atoms with Crippen molar-refractivity contribution >= 4 is 17.5 Å². The average Bonchev–Trinajstić information content (AvgIpc) is 2.70. The summed E-state index contributed by atoms with van der Waals surface area (Å²) in [4.78, 5) is 28.9. The van der Waals surface area contributed by atoms with Gasteiger partial charge in [0.1, 0.15) is 5.69 Å². The zero-order chi connectivity index (χ0) is 19.2. The number of hydrogen-bond acceptors (Lipinski definition) is 3. The number of nitrogens with zero attached hydrogens (tertiary/aromatic N) is 1. The summed E-state index contributed by atoms with van der Waals surface area (Å²) < 4.78 is 0. The van der Waals surface area contributed by atoms with Crippen molar-refractivity contribution in [3.63, 3.8) is 0 Å². The van der Waals surface area contributed by atoms with Gasteiger partial charge in [0, 0.05) is 24.0 Å². The molecule has 5 nitrogen and oxygen atoms in total. The second-order valence-electron chi connectivity index (χ2n) is 6.35. The normalized spacial score (nSPS) is 10.3. The van der Waals surface area contributed by atoms with Crippen LogP contribution in [0.2, 0.25) is 0 Å². The van der Waals surface area contributed by atoms with Crippen molar-refractivity contribution in [3.05, 3.63) is 94.8 Å². The molecule has 0 radical (unpaired) electrons. The molecule has 0 bridgehead atoms. The van der Waals surface area contributed by atoms with Crippen molar-refractivity contribution in [1.29, 1.82) is 0 Å². The molecule has 27 heavy (non-hydrogen) atoms. The van der Waals surface area contributed by atoms with E-state index in [2.05, 4.69) is 15.6 Å². The summed E-state index contributed by atoms with van der Waals surface area (Å²) in [6.45, 7) is 4.41. The molecule has 0 aliphatic heterocycles. The Bertz CT molecular complexity index is 968. The summed E-state index contributed by atoms with van der Waals surface area (Å²) in [5.41, 5.74) is 4.56. The van der Waals surface area contributed by atoms with Gasteiger partial charge in [-0.25, -0.2) is 0 Å². The highest BCUT2D eigenvalue weighted by Gasteiger charge is 2.12. The van der Waals surface area contributed by atoms with Gasteiger partial charge in [-0.05, 0) is 54.8 Å². The summed E-state index contributed by atoms with van der Waals surface area (Å²) in [6, 6.07) is 18.4. The minimum Gasteiger partial charge on any atom is -0.347 e. The lowest BCUT2D eigenvalue weighted by molar-refractivity contribution is 0.0946. The minimum absolute atomic E-state index is 0.207. The van der Waals surface area contributed by atoms with Crippen LogP contribution in [-0.4, -0.2) is 16.8 Å². The number of amides is 2. The van der Waals surface area contributed by atoms with Gasteiger partial charge < -0.3 is 10.6 Å². The second-order valence-corrected chi connectivity index (χ2v) is 6.35. The Morgan fingerprint density at radius 3 is 2.41 bits per heavy atom. The lowest BCUT2D eigenvalue weighted by atomic mass is 10.1. The average molecular weight is 359 g/mol. The van der Waals surface area contributed by atoms with Gasteiger partial charge >= 0.3 is 0 Å². The van der Waals surface area contributed by atoms with Crippen molar-refractivity contribution in [1.82, 2.24) is 10.3 Å². The largest absolute Gasteiger partial charge is 0.347 e. The summed E-state index contributed by atoms with van der Waals surface area (Å²) in [6.07, 6.45) is 1.47. The Labute approximate surface area is 158 Å². The third-order valence-corrected chi connectivity index (χ3v) is 4.32. The number of aromatic nitrogens is 1. The molecule has 2 N–H and O–H groups in total. The predicted octanol–water partition coefficient (Wildman–Crippen LogP) is 3.88. The maximum atomic E-state index is 12.5. The van der Waals surface area contributed by atoms with E-state index in [1.807, 2.05) is 62.4 Å². The van der Waals surface area contributed by atoms with E-state index in [0.29, 0.717) is 12.1 Å². The molecule has 2 amide bonds. The molecule has 2 aromatic carbocycles. The Morgan fingerprint density at radius 1 is 0.889 bits per heavy atom. The summed E-state index contributed by atoms with van der Waals surface area (Å²) >= 11 is 0. The smallest absolute Gasteiger partial charge is 0.270 e. The SMILES string of the molecule is Cc1ccc(NC(=O)c2ccnc(C(=O)NCc3ccccc3)c2)cc1C. The van der Waals surface area contributed by atoms with Gasteiger partial charge in [-0.3, -0.25) is 14.6 Å². The van der Waals surface area contributed by atoms with E-state index in [0.717, 1.165) is 22.4 Å². The van der Waals surface area contributed by atoms with Crippen LogP contribution >= 0.6 is 0 Å². The van der Waals surface area contributed by atoms with E-state index in [-0.39, 0.29) is 17.5 Å². The third kappa shape index (κ3) is 4.79. The second kappa shape index (κ2) is 8.27. The van der Waals surface area contributed by atoms with Gasteiger partial charge in [-0.15, -0.1) is 0 Å². The summed E-state index contributed by atoms with van der Waals surface area (Å²) in [5, 5.41) is 5.66. The molecular formula is C22H21N3O2. The number of carbonyl (C=O) groups excluding carboxylic acids is 2. The number of hydrogen-bond donors (Lipinski definition) is 2. The highest BCUT2D eigenvalue weighted by molar-refractivity contribution is 6.05. The molecule has 0 spiro atoms. The molecule has 0 aliphatic carbocycles. The molecule has 0 atom stereocenters. The van der Waals surface area contributed by atoms with Gasteiger partial charge in [0.2, 0.25) is 0 Å². The molecule has 136 valence electrons. The standard InChI is InChI=1S/C22H21N3O2/c1-15-8-9-19(12-16(15)2)25-21(26)18-10-11-23-20(13-18)22(27)24-14-17-6-4-3-5-7-17/h3-13H,14H2,1-2H3,(H,24,27)(H,25,26). The monoisotopic (exact) mass is 359 g/mol. The number of rotatable bonds is 5. The highest BCUT2D eigenvalue weighted by Crippen LogP contribution is 2.15. The molecule has 0 aliphatic rings.